The van der Waals surface area contributed by atoms with Crippen molar-refractivity contribution in [1.29, 1.82) is 0 Å². The molecule has 0 aromatic heterocycles. The Labute approximate surface area is 102 Å². The second-order valence-electron chi connectivity index (χ2n) is 4.08. The van der Waals surface area contributed by atoms with Gasteiger partial charge in [-0.1, -0.05) is 31.5 Å². The van der Waals surface area contributed by atoms with Gasteiger partial charge in [0.2, 0.25) is 0 Å². The van der Waals surface area contributed by atoms with E-state index in [9.17, 15) is 5.11 Å². The zero-order valence-electron chi connectivity index (χ0n) is 9.98. The largest absolute Gasteiger partial charge is 0.508 e. The van der Waals surface area contributed by atoms with E-state index >= 15 is 0 Å². The van der Waals surface area contributed by atoms with Crippen LogP contribution in [0.25, 0.3) is 0 Å². The third-order valence-electron chi connectivity index (χ3n) is 2.66. The lowest BCUT2D eigenvalue weighted by Gasteiger charge is -2.12. The number of nitrogens with one attached hydrogen (secondary N) is 1. The molecule has 0 saturated carbocycles. The number of phenols is 1. The molecule has 0 aliphatic heterocycles. The summed E-state index contributed by atoms with van der Waals surface area (Å²) in [5.74, 6) is 0.326. The number of rotatable bonds is 4. The maximum atomic E-state index is 9.50. The summed E-state index contributed by atoms with van der Waals surface area (Å²) in [6, 6.07) is 15.5. The zero-order chi connectivity index (χ0) is 12.1. The van der Waals surface area contributed by atoms with E-state index in [0.29, 0.717) is 5.75 Å². The average molecular weight is 227 g/mol. The van der Waals surface area contributed by atoms with Gasteiger partial charge in [0.25, 0.3) is 0 Å². The highest BCUT2D eigenvalue weighted by Gasteiger charge is 2.03. The van der Waals surface area contributed by atoms with E-state index in [0.717, 1.165) is 29.8 Å². The van der Waals surface area contributed by atoms with Crippen LogP contribution in [-0.2, 0) is 6.42 Å². The van der Waals surface area contributed by atoms with Crippen molar-refractivity contribution in [1.82, 2.24) is 0 Å². The number of para-hydroxylation sites is 1. The van der Waals surface area contributed by atoms with Gasteiger partial charge in [-0.3, -0.25) is 0 Å². The Hall–Kier alpha value is -1.96. The van der Waals surface area contributed by atoms with Gasteiger partial charge >= 0.3 is 0 Å². The molecule has 0 spiro atoms. The van der Waals surface area contributed by atoms with Crippen LogP contribution in [0.5, 0.6) is 5.75 Å². The molecule has 0 saturated heterocycles. The summed E-state index contributed by atoms with van der Waals surface area (Å²) < 4.78 is 0. The molecule has 17 heavy (non-hydrogen) atoms. The lowest BCUT2D eigenvalue weighted by molar-refractivity contribution is 0.474. The normalized spacial score (nSPS) is 10.2. The Morgan fingerprint density at radius 3 is 2.53 bits per heavy atom. The monoisotopic (exact) mass is 227 g/mol. The summed E-state index contributed by atoms with van der Waals surface area (Å²) in [5.41, 5.74) is 3.28. The van der Waals surface area contributed by atoms with Crippen molar-refractivity contribution in [3.8, 4) is 5.75 Å². The first-order valence-electron chi connectivity index (χ1n) is 5.93. The molecule has 2 heteroatoms. The number of benzene rings is 2. The molecule has 2 nitrogen and oxygen atoms in total. The molecule has 0 bridgehead atoms. The molecule has 2 aromatic rings. The van der Waals surface area contributed by atoms with Gasteiger partial charge in [0.05, 0.1) is 0 Å². The Morgan fingerprint density at radius 2 is 1.82 bits per heavy atom. The van der Waals surface area contributed by atoms with Crippen LogP contribution in [0.2, 0.25) is 0 Å². The number of phenolic OH excluding ortho intramolecular Hbond substituents is 1. The molecule has 2 rings (SSSR count). The molecule has 0 amide bonds. The van der Waals surface area contributed by atoms with Crippen molar-refractivity contribution < 1.29 is 5.11 Å². The van der Waals surface area contributed by atoms with Crippen LogP contribution in [-0.4, -0.2) is 5.11 Å². The predicted octanol–water partition coefficient (Wildman–Crippen LogP) is 4.09. The Balaban J connectivity index is 2.26. The van der Waals surface area contributed by atoms with Crippen molar-refractivity contribution in [2.24, 2.45) is 0 Å². The first kappa shape index (κ1) is 11.5. The smallest absolute Gasteiger partial charge is 0.116 e. The number of aryl methyl sites for hydroxylation is 1. The van der Waals surface area contributed by atoms with Gasteiger partial charge in [0, 0.05) is 11.4 Å². The third-order valence-corrected chi connectivity index (χ3v) is 2.66. The summed E-state index contributed by atoms with van der Waals surface area (Å²) in [5, 5.41) is 12.9. The minimum atomic E-state index is 0.326. The SMILES string of the molecule is CCCc1cc(O)ccc1Nc1ccccc1. The van der Waals surface area contributed by atoms with Crippen molar-refractivity contribution in [2.75, 3.05) is 5.32 Å². The Bertz CT molecular complexity index is 480. The van der Waals surface area contributed by atoms with Gasteiger partial charge in [0.15, 0.2) is 0 Å². The maximum absolute atomic E-state index is 9.50. The third kappa shape index (κ3) is 3.00. The minimum Gasteiger partial charge on any atom is -0.508 e. The fraction of sp³-hybridized carbons (Fsp3) is 0.200. The highest BCUT2D eigenvalue weighted by atomic mass is 16.3. The van der Waals surface area contributed by atoms with Crippen LogP contribution in [0, 0.1) is 0 Å². The van der Waals surface area contributed by atoms with Gasteiger partial charge in [-0.15, -0.1) is 0 Å². The summed E-state index contributed by atoms with van der Waals surface area (Å²) in [4.78, 5) is 0. The second kappa shape index (κ2) is 5.39. The lowest BCUT2D eigenvalue weighted by atomic mass is 10.1. The van der Waals surface area contributed by atoms with E-state index in [1.807, 2.05) is 42.5 Å². The van der Waals surface area contributed by atoms with Gasteiger partial charge in [-0.2, -0.15) is 0 Å². The van der Waals surface area contributed by atoms with E-state index in [1.54, 1.807) is 6.07 Å². The van der Waals surface area contributed by atoms with Crippen LogP contribution in [0.4, 0.5) is 11.4 Å². The van der Waals surface area contributed by atoms with Crippen molar-refractivity contribution in [2.45, 2.75) is 19.8 Å². The van der Waals surface area contributed by atoms with Crippen LogP contribution >= 0.6 is 0 Å². The topological polar surface area (TPSA) is 32.3 Å². The van der Waals surface area contributed by atoms with Crippen LogP contribution < -0.4 is 5.32 Å². The minimum absolute atomic E-state index is 0.326. The van der Waals surface area contributed by atoms with Gasteiger partial charge < -0.3 is 10.4 Å². The number of anilines is 2. The zero-order valence-corrected chi connectivity index (χ0v) is 9.98. The van der Waals surface area contributed by atoms with Crippen molar-refractivity contribution >= 4 is 11.4 Å². The molecule has 2 N–H and O–H groups in total. The van der Waals surface area contributed by atoms with Gasteiger partial charge in [-0.05, 0) is 42.3 Å². The molecule has 0 aliphatic carbocycles. The van der Waals surface area contributed by atoms with Crippen molar-refractivity contribution in [3.05, 3.63) is 54.1 Å². The van der Waals surface area contributed by atoms with E-state index in [-0.39, 0.29) is 0 Å². The fourth-order valence-electron chi connectivity index (χ4n) is 1.86. The standard InChI is InChI=1S/C15H17NO/c1-2-6-12-11-14(17)9-10-15(12)16-13-7-4-3-5-8-13/h3-5,7-11,16-17H,2,6H2,1H3. The average Bonchev–Trinajstić information content (AvgIpc) is 2.34. The molecule has 88 valence electrons. The summed E-state index contributed by atoms with van der Waals surface area (Å²) in [7, 11) is 0. The highest BCUT2D eigenvalue weighted by molar-refractivity contribution is 5.64. The summed E-state index contributed by atoms with van der Waals surface area (Å²) in [6.45, 7) is 2.14. The Kier molecular flexibility index (Phi) is 3.66. The van der Waals surface area contributed by atoms with E-state index in [4.69, 9.17) is 0 Å². The van der Waals surface area contributed by atoms with E-state index in [1.165, 1.54) is 0 Å². The maximum Gasteiger partial charge on any atom is 0.116 e. The molecule has 0 aliphatic rings. The van der Waals surface area contributed by atoms with Crippen LogP contribution in [0.1, 0.15) is 18.9 Å². The predicted molar refractivity (Wildman–Crippen MR) is 71.8 cm³/mol. The summed E-state index contributed by atoms with van der Waals surface area (Å²) in [6.07, 6.45) is 2.02. The number of hydrogen-bond donors (Lipinski definition) is 2. The Morgan fingerprint density at radius 1 is 1.06 bits per heavy atom. The van der Waals surface area contributed by atoms with Crippen LogP contribution in [0.3, 0.4) is 0 Å². The number of aromatic hydroxyl groups is 1. The quantitative estimate of drug-likeness (QED) is 0.771. The molecule has 0 atom stereocenters. The molecule has 0 unspecified atom stereocenters. The first-order chi connectivity index (χ1) is 8.29. The van der Waals surface area contributed by atoms with Gasteiger partial charge in [0.1, 0.15) is 5.75 Å². The molecule has 0 fully saturated rings. The molecular formula is C15H17NO. The lowest BCUT2D eigenvalue weighted by Crippen LogP contribution is -1.95. The van der Waals surface area contributed by atoms with Gasteiger partial charge in [-0.25, -0.2) is 0 Å². The van der Waals surface area contributed by atoms with E-state index < -0.39 is 0 Å². The fourth-order valence-corrected chi connectivity index (χ4v) is 1.86. The van der Waals surface area contributed by atoms with Crippen molar-refractivity contribution in [3.63, 3.8) is 0 Å². The second-order valence-corrected chi connectivity index (χ2v) is 4.08. The first-order valence-corrected chi connectivity index (χ1v) is 5.93. The molecule has 0 radical (unpaired) electrons. The highest BCUT2D eigenvalue weighted by Crippen LogP contribution is 2.25. The summed E-state index contributed by atoms with van der Waals surface area (Å²) >= 11 is 0. The number of hydrogen-bond acceptors (Lipinski definition) is 2. The van der Waals surface area contributed by atoms with Crippen LogP contribution in [0.15, 0.2) is 48.5 Å². The van der Waals surface area contributed by atoms with E-state index in [2.05, 4.69) is 12.2 Å². The molecule has 2 aromatic carbocycles. The molecule has 0 heterocycles. The molecular weight excluding hydrogens is 210 g/mol.